The normalized spacial score (nSPS) is 11.1. The van der Waals surface area contributed by atoms with Crippen LogP contribution in [0.25, 0.3) is 16.7 Å². The zero-order chi connectivity index (χ0) is 21.2. The Morgan fingerprint density at radius 3 is 2.77 bits per heavy atom. The first-order valence-electron chi connectivity index (χ1n) is 9.90. The molecule has 0 atom stereocenters. The molecular formula is C23H20N6OS. The highest BCUT2D eigenvalue weighted by molar-refractivity contribution is 7.09. The summed E-state index contributed by atoms with van der Waals surface area (Å²) in [4.78, 5) is 18.8. The number of nitrogens with zero attached hydrogens (tertiary/aromatic N) is 5. The maximum absolute atomic E-state index is 13.0. The van der Waals surface area contributed by atoms with E-state index in [0.717, 1.165) is 28.0 Å². The fourth-order valence-corrected chi connectivity index (χ4v) is 4.16. The quantitative estimate of drug-likeness (QED) is 0.444. The average Bonchev–Trinajstić information content (AvgIpc) is 3.54. The maximum atomic E-state index is 13.0. The highest BCUT2D eigenvalue weighted by atomic mass is 32.1. The standard InChI is InChI=1S/C23H20N6OS/c1-16-10-20(21-13-26-29(22(21)27-16)15-19-8-5-9-31-19)23(30)24-11-17-12-25-28(14-17)18-6-3-2-4-7-18/h2-10,12-14H,11,15H2,1H3,(H,24,30). The number of hydrogen-bond acceptors (Lipinski definition) is 5. The number of pyridine rings is 1. The molecule has 0 aliphatic rings. The van der Waals surface area contributed by atoms with Crippen molar-refractivity contribution in [3.8, 4) is 5.69 Å². The summed E-state index contributed by atoms with van der Waals surface area (Å²) >= 11 is 1.67. The van der Waals surface area contributed by atoms with E-state index in [1.807, 2.05) is 65.6 Å². The van der Waals surface area contributed by atoms with Gasteiger partial charge in [0.15, 0.2) is 5.65 Å². The van der Waals surface area contributed by atoms with Crippen molar-refractivity contribution in [2.45, 2.75) is 20.0 Å². The minimum Gasteiger partial charge on any atom is -0.348 e. The molecule has 5 aromatic rings. The molecule has 0 saturated heterocycles. The van der Waals surface area contributed by atoms with E-state index in [0.29, 0.717) is 18.7 Å². The van der Waals surface area contributed by atoms with Crippen molar-refractivity contribution in [3.63, 3.8) is 0 Å². The van der Waals surface area contributed by atoms with Gasteiger partial charge < -0.3 is 5.32 Å². The predicted molar refractivity (Wildman–Crippen MR) is 120 cm³/mol. The zero-order valence-corrected chi connectivity index (χ0v) is 17.7. The van der Waals surface area contributed by atoms with Crippen LogP contribution in [0, 0.1) is 6.92 Å². The molecule has 1 amide bonds. The van der Waals surface area contributed by atoms with Crippen LogP contribution in [0.1, 0.15) is 26.5 Å². The minimum atomic E-state index is -0.154. The highest BCUT2D eigenvalue weighted by Crippen LogP contribution is 2.20. The Bertz CT molecular complexity index is 1340. The minimum absolute atomic E-state index is 0.154. The van der Waals surface area contributed by atoms with Gasteiger partial charge in [-0.3, -0.25) is 4.79 Å². The first-order valence-corrected chi connectivity index (χ1v) is 10.8. The molecule has 4 heterocycles. The maximum Gasteiger partial charge on any atom is 0.252 e. The summed E-state index contributed by atoms with van der Waals surface area (Å²) in [6.07, 6.45) is 5.40. The third-order valence-corrected chi connectivity index (χ3v) is 5.84. The van der Waals surface area contributed by atoms with E-state index in [1.165, 1.54) is 4.88 Å². The Morgan fingerprint density at radius 1 is 1.10 bits per heavy atom. The number of benzene rings is 1. The Balaban J connectivity index is 1.35. The van der Waals surface area contributed by atoms with Gasteiger partial charge in [0.25, 0.3) is 5.91 Å². The Labute approximate surface area is 183 Å². The number of nitrogens with one attached hydrogen (secondary N) is 1. The molecule has 0 spiro atoms. The number of carbonyl (C=O) groups excluding carboxylic acids is 1. The zero-order valence-electron chi connectivity index (χ0n) is 16.9. The Kier molecular flexibility index (Phi) is 5.05. The van der Waals surface area contributed by atoms with Crippen molar-refractivity contribution in [3.05, 3.63) is 94.2 Å². The monoisotopic (exact) mass is 428 g/mol. The van der Waals surface area contributed by atoms with Gasteiger partial charge >= 0.3 is 0 Å². The van der Waals surface area contributed by atoms with Crippen LogP contribution in [0.3, 0.4) is 0 Å². The van der Waals surface area contributed by atoms with Crippen LogP contribution in [-0.2, 0) is 13.1 Å². The summed E-state index contributed by atoms with van der Waals surface area (Å²) in [5.41, 5.74) is 3.98. The van der Waals surface area contributed by atoms with Crippen LogP contribution in [0.4, 0.5) is 0 Å². The lowest BCUT2D eigenvalue weighted by Gasteiger charge is -2.07. The van der Waals surface area contributed by atoms with Crippen molar-refractivity contribution < 1.29 is 4.79 Å². The molecule has 7 nitrogen and oxygen atoms in total. The first-order chi connectivity index (χ1) is 15.2. The third-order valence-electron chi connectivity index (χ3n) is 4.98. The van der Waals surface area contributed by atoms with Gasteiger partial charge in [-0.15, -0.1) is 11.3 Å². The smallest absolute Gasteiger partial charge is 0.252 e. The Morgan fingerprint density at radius 2 is 1.97 bits per heavy atom. The number of hydrogen-bond donors (Lipinski definition) is 1. The number of para-hydroxylation sites is 1. The van der Waals surface area contributed by atoms with Crippen molar-refractivity contribution in [1.82, 2.24) is 29.9 Å². The SMILES string of the molecule is Cc1cc(C(=O)NCc2cnn(-c3ccccc3)c2)c2cnn(Cc3cccs3)c2n1. The van der Waals surface area contributed by atoms with Crippen LogP contribution >= 0.6 is 11.3 Å². The van der Waals surface area contributed by atoms with Crippen LogP contribution in [-0.4, -0.2) is 30.5 Å². The predicted octanol–water partition coefficient (Wildman–Crippen LogP) is 3.97. The molecule has 1 N–H and O–H groups in total. The Hall–Kier alpha value is -3.78. The second-order valence-electron chi connectivity index (χ2n) is 7.24. The van der Waals surface area contributed by atoms with Crippen molar-refractivity contribution in [2.75, 3.05) is 0 Å². The second kappa shape index (κ2) is 8.16. The topological polar surface area (TPSA) is 77.6 Å². The summed E-state index contributed by atoms with van der Waals surface area (Å²) in [7, 11) is 0. The lowest BCUT2D eigenvalue weighted by molar-refractivity contribution is 0.0952. The molecule has 154 valence electrons. The van der Waals surface area contributed by atoms with Crippen molar-refractivity contribution in [2.24, 2.45) is 0 Å². The van der Waals surface area contributed by atoms with E-state index in [2.05, 4.69) is 26.6 Å². The van der Waals surface area contributed by atoms with E-state index < -0.39 is 0 Å². The number of fused-ring (bicyclic) bond motifs is 1. The van der Waals surface area contributed by atoms with Gasteiger partial charge in [-0.25, -0.2) is 14.3 Å². The van der Waals surface area contributed by atoms with Crippen molar-refractivity contribution in [1.29, 1.82) is 0 Å². The van der Waals surface area contributed by atoms with Gasteiger partial charge in [0.1, 0.15) is 0 Å². The molecule has 4 aromatic heterocycles. The molecule has 0 unspecified atom stereocenters. The van der Waals surface area contributed by atoms with Gasteiger partial charge in [-0.2, -0.15) is 10.2 Å². The molecule has 31 heavy (non-hydrogen) atoms. The van der Waals surface area contributed by atoms with Crippen LogP contribution < -0.4 is 5.32 Å². The lowest BCUT2D eigenvalue weighted by Crippen LogP contribution is -2.23. The van der Waals surface area contributed by atoms with Crippen molar-refractivity contribution >= 4 is 28.3 Å². The summed E-state index contributed by atoms with van der Waals surface area (Å²) < 4.78 is 3.64. The molecular weight excluding hydrogens is 408 g/mol. The number of carbonyl (C=O) groups is 1. The highest BCUT2D eigenvalue weighted by Gasteiger charge is 2.16. The molecule has 5 rings (SSSR count). The molecule has 0 radical (unpaired) electrons. The first kappa shape index (κ1) is 19.2. The summed E-state index contributed by atoms with van der Waals surface area (Å²) in [5.74, 6) is -0.154. The van der Waals surface area contributed by atoms with Gasteiger partial charge in [-0.1, -0.05) is 24.3 Å². The van der Waals surface area contributed by atoms with E-state index in [-0.39, 0.29) is 5.91 Å². The van der Waals surface area contributed by atoms with Gasteiger partial charge in [0.2, 0.25) is 0 Å². The van der Waals surface area contributed by atoms with Crippen LogP contribution in [0.2, 0.25) is 0 Å². The molecule has 0 bridgehead atoms. The largest absolute Gasteiger partial charge is 0.348 e. The average molecular weight is 429 g/mol. The number of rotatable bonds is 6. The fraction of sp³-hybridized carbons (Fsp3) is 0.130. The summed E-state index contributed by atoms with van der Waals surface area (Å²) in [5, 5.41) is 14.6. The van der Waals surface area contributed by atoms with Gasteiger partial charge in [0.05, 0.1) is 35.6 Å². The number of amides is 1. The summed E-state index contributed by atoms with van der Waals surface area (Å²) in [6.45, 7) is 2.91. The fourth-order valence-electron chi connectivity index (χ4n) is 3.48. The number of thiophene rings is 1. The lowest BCUT2D eigenvalue weighted by atomic mass is 10.1. The number of aromatic nitrogens is 5. The number of aryl methyl sites for hydroxylation is 1. The van der Waals surface area contributed by atoms with E-state index in [9.17, 15) is 4.79 Å². The van der Waals surface area contributed by atoms with E-state index in [1.54, 1.807) is 28.4 Å². The molecule has 0 aliphatic heterocycles. The van der Waals surface area contributed by atoms with E-state index >= 15 is 0 Å². The van der Waals surface area contributed by atoms with E-state index in [4.69, 9.17) is 0 Å². The van der Waals surface area contributed by atoms with Gasteiger partial charge in [-0.05, 0) is 36.6 Å². The van der Waals surface area contributed by atoms with Crippen LogP contribution in [0.15, 0.2) is 72.5 Å². The summed E-state index contributed by atoms with van der Waals surface area (Å²) in [6, 6.07) is 15.8. The molecule has 0 fully saturated rings. The second-order valence-corrected chi connectivity index (χ2v) is 8.27. The van der Waals surface area contributed by atoms with Crippen LogP contribution in [0.5, 0.6) is 0 Å². The molecule has 8 heteroatoms. The molecule has 0 aliphatic carbocycles. The molecule has 0 saturated carbocycles. The molecule has 1 aromatic carbocycles. The third kappa shape index (κ3) is 3.97. The van der Waals surface area contributed by atoms with Gasteiger partial charge in [0, 0.05) is 28.9 Å².